The summed E-state index contributed by atoms with van der Waals surface area (Å²) in [5.41, 5.74) is 0. The van der Waals surface area contributed by atoms with E-state index in [2.05, 4.69) is 20.8 Å². The molecule has 6 radical (unpaired) electrons. The maximum absolute atomic E-state index is 2.17. The zero-order valence-electron chi connectivity index (χ0n) is 8.84. The van der Waals surface area contributed by atoms with Crippen molar-refractivity contribution in [1.29, 1.82) is 0 Å². The first-order valence-corrected chi connectivity index (χ1v) is 2.89. The van der Waals surface area contributed by atoms with Gasteiger partial charge >= 0.3 is 0 Å². The van der Waals surface area contributed by atoms with Crippen LogP contribution in [0.3, 0.4) is 0 Å². The van der Waals surface area contributed by atoms with Crippen LogP contribution in [0.15, 0.2) is 0 Å². The van der Waals surface area contributed by atoms with Gasteiger partial charge < -0.3 is 6.42 Å². The fraction of sp³-hybridized carbons (Fsp3) is 0.857. The maximum atomic E-state index is 2.17. The molecule has 76 valence electrons. The van der Waals surface area contributed by atoms with E-state index in [9.17, 15) is 0 Å². The third kappa shape index (κ3) is 230. The van der Waals surface area contributed by atoms with Gasteiger partial charge in [-0.05, 0) is 5.92 Å². The van der Waals surface area contributed by atoms with E-state index in [1.807, 2.05) is 20.3 Å². The average Bonchev–Trinajstić information content (AvgIpc) is 1.33. The fourth-order valence-corrected chi connectivity index (χ4v) is 0. The summed E-state index contributed by atoms with van der Waals surface area (Å²) in [4.78, 5) is 0. The minimum absolute atomic E-state index is 0. The van der Waals surface area contributed by atoms with Crippen molar-refractivity contribution in [3.8, 4) is 0 Å². The van der Waals surface area contributed by atoms with Gasteiger partial charge in [-0.25, -0.2) is 0 Å². The normalized spacial score (nSPS) is 4.15. The Labute approximate surface area is 156 Å². The molecule has 0 amide bonds. The molecule has 0 aliphatic carbocycles. The van der Waals surface area contributed by atoms with Gasteiger partial charge in [0.15, 0.2) is 0 Å². The molecule has 0 heterocycles. The van der Waals surface area contributed by atoms with Crippen LogP contribution in [0.25, 0.3) is 0 Å². The van der Waals surface area contributed by atoms with E-state index in [0.29, 0.717) is 0 Å². The Balaban J connectivity index is -0.00000000444. The van der Waals surface area contributed by atoms with Gasteiger partial charge in [0.2, 0.25) is 0 Å². The molecule has 0 aromatic rings. The van der Waals surface area contributed by atoms with E-state index in [0.717, 1.165) is 5.92 Å². The molecular weight excluding hydrogens is 390 g/mol. The van der Waals surface area contributed by atoms with Crippen LogP contribution < -0.4 is 0 Å². The number of rotatable bonds is 0. The summed E-state index contributed by atoms with van der Waals surface area (Å²) in [6.45, 7) is 10.5. The zero-order valence-corrected chi connectivity index (χ0v) is 17.2. The van der Waals surface area contributed by atoms with Gasteiger partial charge in [0, 0.05) is 111 Å². The second-order valence-electron chi connectivity index (χ2n) is 2.31. The Morgan fingerprint density at radius 2 is 0.615 bits per heavy atom. The minimum atomic E-state index is 0. The summed E-state index contributed by atoms with van der Waals surface area (Å²) in [6.07, 6.45) is 2.00. The molecule has 0 aromatic heterocycles. The first kappa shape index (κ1) is 54.9. The van der Waals surface area contributed by atoms with E-state index in [4.69, 9.17) is 0 Å². The smallest absolute Gasteiger partial charge is 0 e. The van der Waals surface area contributed by atoms with Crippen molar-refractivity contribution < 1.29 is 111 Å². The summed E-state index contributed by atoms with van der Waals surface area (Å²) >= 11 is 0. The van der Waals surface area contributed by atoms with Crippen LogP contribution in [0.2, 0.25) is 0 Å². The van der Waals surface area contributed by atoms with Crippen molar-refractivity contribution in [3.05, 3.63) is 6.42 Å². The minimum Gasteiger partial charge on any atom is -0.335 e. The Morgan fingerprint density at radius 3 is 0.615 bits per heavy atom. The molecule has 0 spiro atoms. The number of hydrogen-bond donors (Lipinski definition) is 0. The topological polar surface area (TPSA) is 0 Å². The van der Waals surface area contributed by atoms with Crippen LogP contribution in [0.4, 0.5) is 0 Å². The predicted molar refractivity (Wildman–Crippen MR) is 36.2 cm³/mol. The van der Waals surface area contributed by atoms with Gasteiger partial charge in [0.1, 0.15) is 0 Å². The van der Waals surface area contributed by atoms with Crippen LogP contribution in [-0.2, 0) is 111 Å². The van der Waals surface area contributed by atoms with Gasteiger partial charge in [0.25, 0.3) is 0 Å². The predicted octanol–water partition coefficient (Wildman–Crippen LogP) is 2.88. The summed E-state index contributed by atoms with van der Waals surface area (Å²) in [5.74, 6) is 0.833. The summed E-state index contributed by atoms with van der Waals surface area (Å²) in [6, 6.07) is 0. The quantitative estimate of drug-likeness (QED) is 0.543. The molecule has 0 aliphatic rings. The van der Waals surface area contributed by atoms with Crippen LogP contribution in [-0.4, -0.2) is 0 Å². The van der Waals surface area contributed by atoms with E-state index in [-0.39, 0.29) is 111 Å². The molecule has 0 N–H and O–H groups in total. The van der Waals surface area contributed by atoms with Gasteiger partial charge in [-0.15, -0.1) is 0 Å². The molecule has 0 saturated carbocycles. The Kier molecular flexibility index (Phi) is 244. The van der Waals surface area contributed by atoms with E-state index in [1.165, 1.54) is 0 Å². The van der Waals surface area contributed by atoms with Gasteiger partial charge in [-0.1, -0.05) is 20.8 Å². The van der Waals surface area contributed by atoms with Gasteiger partial charge in [0.05, 0.1) is 0 Å². The van der Waals surface area contributed by atoms with Crippen molar-refractivity contribution in [2.75, 3.05) is 0 Å². The monoisotopic (exact) mass is 407 g/mol. The van der Waals surface area contributed by atoms with Crippen LogP contribution in [0.1, 0.15) is 34.6 Å². The second kappa shape index (κ2) is 57.9. The average molecular weight is 407 g/mol. The Morgan fingerprint density at radius 1 is 0.615 bits per heavy atom. The summed E-state index contributed by atoms with van der Waals surface area (Å²) < 4.78 is 0. The molecule has 13 heavy (non-hydrogen) atoms. The van der Waals surface area contributed by atoms with Crippen molar-refractivity contribution in [2.24, 2.45) is 5.92 Å². The fourth-order valence-electron chi connectivity index (χ4n) is 0. The van der Waals surface area contributed by atoms with Crippen molar-refractivity contribution in [1.82, 2.24) is 0 Å². The maximum Gasteiger partial charge on any atom is 0 e. The standard InChI is InChI=1S/C4H10.C3H7.6V/c1-4(2)3;1-3-2;;;;;;/h4H,1-3H3;3H,1-2H3;;;;;;/q;-1;;;;;;. The Hall–Kier alpha value is 3.51. The SMILES string of the molecule is CC(C)C.C[CH-]C.[V].[V].[V].[V].[V].[V]. The van der Waals surface area contributed by atoms with Crippen molar-refractivity contribution in [2.45, 2.75) is 34.6 Å². The summed E-state index contributed by atoms with van der Waals surface area (Å²) in [5, 5.41) is 0. The molecular formula is C7H17V6-. The molecule has 0 atom stereocenters. The first-order chi connectivity index (χ1) is 3.15. The van der Waals surface area contributed by atoms with Crippen LogP contribution >= 0.6 is 0 Å². The first-order valence-electron chi connectivity index (χ1n) is 2.89. The molecule has 0 fully saturated rings. The summed E-state index contributed by atoms with van der Waals surface area (Å²) in [7, 11) is 0. The third-order valence-electron chi connectivity index (χ3n) is 0. The number of hydrogen-bond acceptors (Lipinski definition) is 0. The molecule has 6 heteroatoms. The molecule has 0 aliphatic heterocycles. The van der Waals surface area contributed by atoms with Crippen molar-refractivity contribution >= 4 is 0 Å². The van der Waals surface area contributed by atoms with E-state index in [1.54, 1.807) is 0 Å². The Bertz CT molecular complexity index is 24.2. The van der Waals surface area contributed by atoms with Crippen LogP contribution in [0, 0.1) is 12.3 Å². The molecule has 0 aromatic carbocycles. The van der Waals surface area contributed by atoms with Crippen molar-refractivity contribution in [3.63, 3.8) is 0 Å². The largest absolute Gasteiger partial charge is 0.335 e. The molecule has 0 bridgehead atoms. The molecule has 0 unspecified atom stereocenters. The molecule has 0 nitrogen and oxygen atoms in total. The molecule has 0 rings (SSSR count). The zero-order chi connectivity index (χ0) is 6.28. The van der Waals surface area contributed by atoms with Crippen LogP contribution in [0.5, 0.6) is 0 Å². The third-order valence-corrected chi connectivity index (χ3v) is 0. The van der Waals surface area contributed by atoms with E-state index < -0.39 is 0 Å². The van der Waals surface area contributed by atoms with E-state index >= 15 is 0 Å². The molecule has 0 saturated heterocycles. The van der Waals surface area contributed by atoms with Gasteiger partial charge in [-0.3, -0.25) is 0 Å². The van der Waals surface area contributed by atoms with Gasteiger partial charge in [-0.2, -0.15) is 13.8 Å². The second-order valence-corrected chi connectivity index (χ2v) is 2.31.